The van der Waals surface area contributed by atoms with E-state index in [1.807, 2.05) is 0 Å². The van der Waals surface area contributed by atoms with Gasteiger partial charge in [-0.3, -0.25) is 0 Å². The Morgan fingerprint density at radius 1 is 0.840 bits per heavy atom. The summed E-state index contributed by atoms with van der Waals surface area (Å²) in [4.78, 5) is 11.5. The maximum absolute atomic E-state index is 12.9. The molecule has 0 saturated carbocycles. The molecule has 135 valence electrons. The van der Waals surface area contributed by atoms with Gasteiger partial charge in [0.25, 0.3) is 0 Å². The molecule has 0 spiro atoms. The number of carbonyl (C=O) groups excluding carboxylic acids is 1. The summed E-state index contributed by atoms with van der Waals surface area (Å²) in [6, 6.07) is 2.69. The van der Waals surface area contributed by atoms with Gasteiger partial charge in [0.15, 0.2) is 0 Å². The topological polar surface area (TPSA) is 94.6 Å². The van der Waals surface area contributed by atoms with Crippen LogP contribution in [-0.2, 0) is 28.7 Å². The van der Waals surface area contributed by atoms with Crippen LogP contribution in [0.2, 0.25) is 0 Å². The van der Waals surface area contributed by atoms with Crippen molar-refractivity contribution in [3.8, 4) is 0 Å². The smallest absolute Gasteiger partial charge is 0.419 e. The fourth-order valence-corrected chi connectivity index (χ4v) is 5.65. The zero-order chi connectivity index (χ0) is 18.8. The third kappa shape index (κ3) is 2.66. The summed E-state index contributed by atoms with van der Waals surface area (Å²) in [6.07, 6.45) is 0. The molecule has 1 aliphatic rings. The van der Waals surface area contributed by atoms with Crippen LogP contribution >= 0.6 is 0 Å². The van der Waals surface area contributed by atoms with Crippen molar-refractivity contribution >= 4 is 44.5 Å². The average Bonchev–Trinajstić information content (AvgIpc) is 2.72. The van der Waals surface area contributed by atoms with E-state index in [2.05, 4.69) is 4.74 Å². The Morgan fingerprint density at radius 2 is 1.24 bits per heavy atom. The van der Waals surface area contributed by atoms with E-state index in [4.69, 9.17) is 0 Å². The molecule has 1 heterocycles. The number of alkyl halides is 6. The quantitative estimate of drug-likeness (QED) is 0.420. The van der Waals surface area contributed by atoms with Gasteiger partial charge in [0.2, 0.25) is 0 Å². The van der Waals surface area contributed by atoms with Crippen LogP contribution < -0.4 is 0 Å². The number of sulfone groups is 2. The first-order valence-corrected chi connectivity index (χ1v) is 8.52. The third-order valence-corrected chi connectivity index (χ3v) is 7.58. The minimum Gasteiger partial charge on any atom is -0.419 e. The standard InChI is InChI=1S/C10H4F6O6S2.Li/c11-9(12,13)23(18,19)8(24(20,21)10(14,15)16)6-4-2-1-3-5(6)7(17)22-8;/h1-4H;. The van der Waals surface area contributed by atoms with Crippen LogP contribution in [-0.4, -0.2) is 52.7 Å². The summed E-state index contributed by atoms with van der Waals surface area (Å²) in [7, 11) is -14.4. The van der Waals surface area contributed by atoms with Gasteiger partial charge in [-0.15, -0.1) is 0 Å². The molecule has 6 nitrogen and oxygen atoms in total. The summed E-state index contributed by atoms with van der Waals surface area (Å²) in [5, 5.41) is 0. The van der Waals surface area contributed by atoms with Crippen LogP contribution in [0.15, 0.2) is 24.3 Å². The molecular weight excluding hydrogens is 401 g/mol. The van der Waals surface area contributed by atoms with Gasteiger partial charge < -0.3 is 4.74 Å². The van der Waals surface area contributed by atoms with Crippen molar-refractivity contribution in [2.24, 2.45) is 0 Å². The second-order valence-electron chi connectivity index (χ2n) is 4.39. The molecule has 0 saturated heterocycles. The van der Waals surface area contributed by atoms with Crippen LogP contribution in [0, 0.1) is 0 Å². The van der Waals surface area contributed by atoms with E-state index < -0.39 is 52.1 Å². The predicted octanol–water partition coefficient (Wildman–Crippen LogP) is 1.46. The van der Waals surface area contributed by atoms with Crippen molar-refractivity contribution in [1.82, 2.24) is 0 Å². The molecule has 0 N–H and O–H groups in total. The van der Waals surface area contributed by atoms with Gasteiger partial charge in [0.05, 0.1) is 5.56 Å². The normalized spacial score (nSPS) is 17.4. The summed E-state index contributed by atoms with van der Waals surface area (Å²) in [6.45, 7) is 0. The van der Waals surface area contributed by atoms with Crippen molar-refractivity contribution < 1.29 is 52.7 Å². The summed E-state index contributed by atoms with van der Waals surface area (Å²) < 4.78 is 123. The summed E-state index contributed by atoms with van der Waals surface area (Å²) >= 11 is 0. The van der Waals surface area contributed by atoms with Gasteiger partial charge in [0.1, 0.15) is 0 Å². The van der Waals surface area contributed by atoms with Crippen LogP contribution in [0.5, 0.6) is 0 Å². The fraction of sp³-hybridized carbons (Fsp3) is 0.300. The second kappa shape index (κ2) is 5.90. The maximum Gasteiger partial charge on any atom is 0.502 e. The number of hydrogen-bond donors (Lipinski definition) is 0. The Morgan fingerprint density at radius 3 is 1.64 bits per heavy atom. The Kier molecular flexibility index (Phi) is 5.15. The molecule has 0 fully saturated rings. The SMILES string of the molecule is O=C1OC(S(=O)(=O)C(F)(F)F)(S(=O)(=O)C(F)(F)F)c2ccccc21.[Li]. The first-order chi connectivity index (χ1) is 10.6. The largest absolute Gasteiger partial charge is 0.502 e. The molecule has 0 amide bonds. The molecule has 0 unspecified atom stereocenters. The molecular formula is C10H4F6LiO6S2. The summed E-state index contributed by atoms with van der Waals surface area (Å²) in [5.41, 5.74) is -15.5. The Hall–Kier alpha value is -1.23. The fourth-order valence-electron chi connectivity index (χ4n) is 2.01. The van der Waals surface area contributed by atoms with Gasteiger partial charge in [-0.05, 0) is 6.07 Å². The molecule has 15 heteroatoms. The van der Waals surface area contributed by atoms with Crippen LogP contribution in [0.3, 0.4) is 0 Å². The van der Waals surface area contributed by atoms with E-state index in [9.17, 15) is 48.0 Å². The number of rotatable bonds is 2. The Labute approximate surface area is 148 Å². The van der Waals surface area contributed by atoms with Crippen molar-refractivity contribution in [3.05, 3.63) is 35.4 Å². The molecule has 0 aliphatic carbocycles. The zero-order valence-electron chi connectivity index (χ0n) is 11.8. The molecule has 1 aromatic rings. The summed E-state index contributed by atoms with van der Waals surface area (Å²) in [5.74, 6) is -1.95. The number of cyclic esters (lactones) is 1. The van der Waals surface area contributed by atoms with Gasteiger partial charge >= 0.3 is 40.9 Å². The number of carbonyl (C=O) groups is 1. The number of esters is 1. The second-order valence-corrected chi connectivity index (χ2v) is 8.74. The first-order valence-electron chi connectivity index (χ1n) is 5.56. The van der Waals surface area contributed by atoms with Gasteiger partial charge in [-0.25, -0.2) is 21.6 Å². The molecule has 1 aliphatic heterocycles. The van der Waals surface area contributed by atoms with Crippen molar-refractivity contribution in [2.45, 2.75) is 15.3 Å². The molecule has 1 radical (unpaired) electrons. The molecule has 0 atom stereocenters. The minimum absolute atomic E-state index is 0. The zero-order valence-corrected chi connectivity index (χ0v) is 13.5. The van der Waals surface area contributed by atoms with E-state index in [0.29, 0.717) is 12.1 Å². The minimum atomic E-state index is -7.18. The molecule has 1 aromatic carbocycles. The molecule has 0 aromatic heterocycles. The average molecular weight is 405 g/mol. The van der Waals surface area contributed by atoms with Crippen molar-refractivity contribution in [1.29, 1.82) is 0 Å². The van der Waals surface area contributed by atoms with E-state index in [0.717, 1.165) is 12.1 Å². The van der Waals surface area contributed by atoms with Gasteiger partial charge in [0, 0.05) is 24.4 Å². The number of hydrogen-bond acceptors (Lipinski definition) is 6. The number of halogens is 6. The van der Waals surface area contributed by atoms with E-state index >= 15 is 0 Å². The molecule has 2 rings (SSSR count). The van der Waals surface area contributed by atoms with Crippen molar-refractivity contribution in [2.75, 3.05) is 0 Å². The van der Waals surface area contributed by atoms with E-state index in [1.54, 1.807) is 0 Å². The Bertz CT molecular complexity index is 874. The van der Waals surface area contributed by atoms with Gasteiger partial charge in [-0.2, -0.15) is 26.3 Å². The van der Waals surface area contributed by atoms with Crippen LogP contribution in [0.1, 0.15) is 15.9 Å². The number of benzene rings is 1. The van der Waals surface area contributed by atoms with Gasteiger partial charge in [-0.1, -0.05) is 18.2 Å². The number of ether oxygens (including phenoxy) is 1. The predicted molar refractivity (Wildman–Crippen MR) is 69.2 cm³/mol. The first kappa shape index (κ1) is 21.8. The van der Waals surface area contributed by atoms with E-state index in [-0.39, 0.29) is 18.9 Å². The third-order valence-electron chi connectivity index (χ3n) is 3.02. The monoisotopic (exact) mass is 405 g/mol. The molecule has 0 bridgehead atoms. The maximum atomic E-state index is 12.9. The van der Waals surface area contributed by atoms with Crippen molar-refractivity contribution in [3.63, 3.8) is 0 Å². The Balaban J connectivity index is 0.00000312. The van der Waals surface area contributed by atoms with E-state index in [1.165, 1.54) is 0 Å². The number of fused-ring (bicyclic) bond motifs is 1. The van der Waals surface area contributed by atoms with Crippen LogP contribution in [0.25, 0.3) is 0 Å². The molecule has 25 heavy (non-hydrogen) atoms. The van der Waals surface area contributed by atoms with Crippen LogP contribution in [0.4, 0.5) is 26.3 Å².